The molecule has 2 aromatic carbocycles. The molecule has 2 N–H and O–H groups in total. The van der Waals surface area contributed by atoms with E-state index in [0.29, 0.717) is 29.6 Å². The summed E-state index contributed by atoms with van der Waals surface area (Å²) in [7, 11) is 1.74. The van der Waals surface area contributed by atoms with Crippen LogP contribution in [0.3, 0.4) is 0 Å². The van der Waals surface area contributed by atoms with E-state index in [1.807, 2.05) is 34.9 Å². The lowest BCUT2D eigenvalue weighted by atomic mass is 10.2. The minimum Gasteiger partial charge on any atom is -0.359 e. The van der Waals surface area contributed by atoms with Gasteiger partial charge < -0.3 is 15.2 Å². The number of benzene rings is 2. The minimum absolute atomic E-state index is 0.206. The molecule has 2 aromatic heterocycles. The quantitative estimate of drug-likeness (QED) is 0.427. The maximum absolute atomic E-state index is 14.1. The molecule has 0 radical (unpaired) electrons. The predicted octanol–water partition coefficient (Wildman–Crippen LogP) is 5.42. The van der Waals surface area contributed by atoms with Crippen molar-refractivity contribution in [1.29, 1.82) is 0 Å². The number of alkyl halides is 3. The third-order valence-electron chi connectivity index (χ3n) is 4.60. The normalized spacial score (nSPS) is 11.6. The zero-order chi connectivity index (χ0) is 21.3. The van der Waals surface area contributed by atoms with Crippen LogP contribution in [0.25, 0.3) is 11.0 Å². The van der Waals surface area contributed by atoms with Gasteiger partial charge in [-0.3, -0.25) is 0 Å². The Morgan fingerprint density at radius 3 is 2.50 bits per heavy atom. The molecule has 154 valence electrons. The molecule has 0 bridgehead atoms. The van der Waals surface area contributed by atoms with Crippen molar-refractivity contribution in [2.45, 2.75) is 12.7 Å². The van der Waals surface area contributed by atoms with Crippen LogP contribution in [-0.2, 0) is 12.7 Å². The van der Waals surface area contributed by atoms with Gasteiger partial charge in [-0.1, -0.05) is 30.3 Å². The fourth-order valence-electron chi connectivity index (χ4n) is 3.15. The molecule has 0 aliphatic heterocycles. The van der Waals surface area contributed by atoms with Gasteiger partial charge in [0.1, 0.15) is 17.2 Å². The van der Waals surface area contributed by atoms with Gasteiger partial charge in [-0.25, -0.2) is 14.4 Å². The van der Waals surface area contributed by atoms with Gasteiger partial charge >= 0.3 is 6.18 Å². The third-order valence-corrected chi connectivity index (χ3v) is 4.60. The molecule has 30 heavy (non-hydrogen) atoms. The summed E-state index contributed by atoms with van der Waals surface area (Å²) >= 11 is 0. The van der Waals surface area contributed by atoms with Crippen molar-refractivity contribution in [3.8, 4) is 0 Å². The average molecular weight is 415 g/mol. The topological polar surface area (TPSA) is 54.8 Å². The first kappa shape index (κ1) is 19.7. The summed E-state index contributed by atoms with van der Waals surface area (Å²) < 4.78 is 54.9. The maximum atomic E-state index is 14.1. The summed E-state index contributed by atoms with van der Waals surface area (Å²) in [6, 6.07) is 13.6. The second kappa shape index (κ2) is 7.66. The van der Waals surface area contributed by atoms with E-state index in [1.165, 1.54) is 6.20 Å². The van der Waals surface area contributed by atoms with Gasteiger partial charge in [-0.15, -0.1) is 0 Å². The van der Waals surface area contributed by atoms with Crippen LogP contribution in [0.5, 0.6) is 0 Å². The maximum Gasteiger partial charge on any atom is 0.416 e. The van der Waals surface area contributed by atoms with Crippen molar-refractivity contribution in [2.24, 2.45) is 0 Å². The number of hydrogen-bond donors (Lipinski definition) is 2. The van der Waals surface area contributed by atoms with E-state index < -0.39 is 17.6 Å². The molecule has 0 unspecified atom stereocenters. The number of rotatable bonds is 5. The van der Waals surface area contributed by atoms with Gasteiger partial charge in [0.25, 0.3) is 0 Å². The monoisotopic (exact) mass is 415 g/mol. The van der Waals surface area contributed by atoms with E-state index in [9.17, 15) is 17.6 Å². The molecule has 0 atom stereocenters. The van der Waals surface area contributed by atoms with Crippen LogP contribution in [0.15, 0.2) is 60.8 Å². The number of fused-ring (bicyclic) bond motifs is 1. The minimum atomic E-state index is -4.57. The van der Waals surface area contributed by atoms with Crippen molar-refractivity contribution >= 4 is 28.5 Å². The van der Waals surface area contributed by atoms with Crippen LogP contribution in [0.1, 0.15) is 11.1 Å². The lowest BCUT2D eigenvalue weighted by molar-refractivity contribution is -0.137. The van der Waals surface area contributed by atoms with Gasteiger partial charge in [0.05, 0.1) is 29.5 Å². The fourth-order valence-corrected chi connectivity index (χ4v) is 3.15. The number of aromatic nitrogens is 3. The van der Waals surface area contributed by atoms with Crippen molar-refractivity contribution in [3.05, 3.63) is 77.7 Å². The SMILES string of the molecule is CNc1nc2cnc(Nc3cc(C(F)(F)F)ccc3F)cc2n1Cc1ccccc1. The highest BCUT2D eigenvalue weighted by molar-refractivity contribution is 5.81. The van der Waals surface area contributed by atoms with Gasteiger partial charge in [0.15, 0.2) is 0 Å². The first-order valence-corrected chi connectivity index (χ1v) is 9.07. The van der Waals surface area contributed by atoms with Crippen molar-refractivity contribution in [3.63, 3.8) is 0 Å². The summed E-state index contributed by atoms with van der Waals surface area (Å²) in [5.74, 6) is 0.00856. The molecule has 0 spiro atoms. The number of nitrogens with one attached hydrogen (secondary N) is 2. The summed E-state index contributed by atoms with van der Waals surface area (Å²) in [5.41, 5.74) is 1.10. The van der Waals surface area contributed by atoms with Crippen molar-refractivity contribution < 1.29 is 17.6 Å². The number of anilines is 3. The smallest absolute Gasteiger partial charge is 0.359 e. The first-order chi connectivity index (χ1) is 14.3. The van der Waals surface area contributed by atoms with E-state index in [0.717, 1.165) is 17.7 Å². The molecule has 5 nitrogen and oxygen atoms in total. The summed E-state index contributed by atoms with van der Waals surface area (Å²) in [4.78, 5) is 8.65. The van der Waals surface area contributed by atoms with Crippen LogP contribution in [0, 0.1) is 5.82 Å². The Morgan fingerprint density at radius 2 is 1.80 bits per heavy atom. The van der Waals surface area contributed by atoms with Crippen LogP contribution in [-0.4, -0.2) is 21.6 Å². The molecule has 4 aromatic rings. The summed E-state index contributed by atoms with van der Waals surface area (Å²) in [6.45, 7) is 0.523. The van der Waals surface area contributed by atoms with Gasteiger partial charge in [-0.2, -0.15) is 13.2 Å². The van der Waals surface area contributed by atoms with Crippen LogP contribution in [0.2, 0.25) is 0 Å². The lowest BCUT2D eigenvalue weighted by Gasteiger charge is -2.12. The first-order valence-electron chi connectivity index (χ1n) is 9.07. The van der Waals surface area contributed by atoms with Gasteiger partial charge in [0.2, 0.25) is 5.95 Å². The second-order valence-corrected chi connectivity index (χ2v) is 6.63. The molecule has 9 heteroatoms. The zero-order valence-corrected chi connectivity index (χ0v) is 15.8. The number of halogens is 4. The van der Waals surface area contributed by atoms with E-state index in [1.54, 1.807) is 13.1 Å². The third kappa shape index (κ3) is 3.91. The molecule has 0 aliphatic rings. The Morgan fingerprint density at radius 1 is 1.03 bits per heavy atom. The standard InChI is InChI=1S/C21H17F4N5/c1-26-20-29-17-11-27-19(10-18(17)30(20)12-13-5-3-2-4-6-13)28-16-9-14(21(23,24)25)7-8-15(16)22/h2-11H,12H2,1H3,(H,26,29)(H,27,28). The number of pyridine rings is 1. The predicted molar refractivity (Wildman–Crippen MR) is 107 cm³/mol. The Labute approximate surface area is 169 Å². The highest BCUT2D eigenvalue weighted by Gasteiger charge is 2.31. The number of nitrogens with zero attached hydrogens (tertiary/aromatic N) is 3. The van der Waals surface area contributed by atoms with Gasteiger partial charge in [-0.05, 0) is 23.8 Å². The largest absolute Gasteiger partial charge is 0.416 e. The molecule has 0 amide bonds. The van der Waals surface area contributed by atoms with Crippen molar-refractivity contribution in [2.75, 3.05) is 17.7 Å². The fraction of sp³-hybridized carbons (Fsp3) is 0.143. The Kier molecular flexibility index (Phi) is 5.03. The molecule has 0 aliphatic carbocycles. The van der Waals surface area contributed by atoms with Crippen LogP contribution >= 0.6 is 0 Å². The molecule has 0 fully saturated rings. The van der Waals surface area contributed by atoms with Crippen LogP contribution in [0.4, 0.5) is 35.0 Å². The molecule has 4 rings (SSSR count). The van der Waals surface area contributed by atoms with E-state index >= 15 is 0 Å². The zero-order valence-electron chi connectivity index (χ0n) is 15.8. The van der Waals surface area contributed by atoms with E-state index in [2.05, 4.69) is 20.6 Å². The number of imidazole rings is 1. The Hall–Kier alpha value is -3.62. The average Bonchev–Trinajstić information content (AvgIpc) is 3.06. The van der Waals surface area contributed by atoms with Crippen molar-refractivity contribution in [1.82, 2.24) is 14.5 Å². The Bertz CT molecular complexity index is 1190. The van der Waals surface area contributed by atoms with E-state index in [4.69, 9.17) is 0 Å². The molecule has 2 heterocycles. The van der Waals surface area contributed by atoms with Gasteiger partial charge in [0, 0.05) is 13.1 Å². The highest BCUT2D eigenvalue weighted by atomic mass is 19.4. The summed E-state index contributed by atoms with van der Waals surface area (Å²) in [5, 5.41) is 5.67. The Balaban J connectivity index is 1.72. The highest BCUT2D eigenvalue weighted by Crippen LogP contribution is 2.33. The lowest BCUT2D eigenvalue weighted by Crippen LogP contribution is -2.07. The van der Waals surface area contributed by atoms with Crippen LogP contribution < -0.4 is 10.6 Å². The second-order valence-electron chi connectivity index (χ2n) is 6.63. The molecule has 0 saturated carbocycles. The summed E-state index contributed by atoms with van der Waals surface area (Å²) in [6.07, 6.45) is -3.08. The molecule has 0 saturated heterocycles. The number of hydrogen-bond acceptors (Lipinski definition) is 4. The molecular formula is C21H17F4N5. The molecular weight excluding hydrogens is 398 g/mol. The van der Waals surface area contributed by atoms with E-state index in [-0.39, 0.29) is 11.5 Å².